The SMILES string of the molecule is COc1ccc(CCCCO[C@@H]2O[C@H](CO)[C@@H](O)[C@H](O)[C@H]2OC(C)=O)cc1OC. The zero-order valence-corrected chi connectivity index (χ0v) is 16.9. The number of ether oxygens (including phenoxy) is 5. The molecule has 0 radical (unpaired) electrons. The van der Waals surface area contributed by atoms with Gasteiger partial charge in [0, 0.05) is 13.5 Å². The van der Waals surface area contributed by atoms with Crippen LogP contribution in [0.25, 0.3) is 0 Å². The van der Waals surface area contributed by atoms with Gasteiger partial charge in [-0.05, 0) is 37.0 Å². The Hall–Kier alpha value is -1.91. The lowest BCUT2D eigenvalue weighted by Gasteiger charge is -2.41. The summed E-state index contributed by atoms with van der Waals surface area (Å²) in [6, 6.07) is 5.74. The highest BCUT2D eigenvalue weighted by atomic mass is 16.7. The third-order valence-corrected chi connectivity index (χ3v) is 4.72. The number of methoxy groups -OCH3 is 2. The average molecular weight is 414 g/mol. The van der Waals surface area contributed by atoms with Crippen molar-refractivity contribution in [2.45, 2.75) is 56.9 Å². The third kappa shape index (κ3) is 6.28. The van der Waals surface area contributed by atoms with Crippen molar-refractivity contribution in [3.63, 3.8) is 0 Å². The summed E-state index contributed by atoms with van der Waals surface area (Å²) >= 11 is 0. The fourth-order valence-corrected chi connectivity index (χ4v) is 3.17. The van der Waals surface area contributed by atoms with Crippen molar-refractivity contribution < 1.29 is 43.8 Å². The molecular weight excluding hydrogens is 384 g/mol. The van der Waals surface area contributed by atoms with Crippen LogP contribution in [0.4, 0.5) is 0 Å². The van der Waals surface area contributed by atoms with Gasteiger partial charge in [0.2, 0.25) is 0 Å². The predicted octanol–water partition coefficient (Wildman–Crippen LogP) is 0.414. The highest BCUT2D eigenvalue weighted by molar-refractivity contribution is 5.66. The first kappa shape index (κ1) is 23.4. The van der Waals surface area contributed by atoms with E-state index in [-0.39, 0.29) is 6.61 Å². The summed E-state index contributed by atoms with van der Waals surface area (Å²) in [5, 5.41) is 29.4. The van der Waals surface area contributed by atoms with Crippen LogP contribution in [0.15, 0.2) is 18.2 Å². The molecule has 0 aliphatic carbocycles. The monoisotopic (exact) mass is 414 g/mol. The van der Waals surface area contributed by atoms with Crippen LogP contribution >= 0.6 is 0 Å². The summed E-state index contributed by atoms with van der Waals surface area (Å²) in [7, 11) is 3.17. The van der Waals surface area contributed by atoms with E-state index in [1.54, 1.807) is 14.2 Å². The third-order valence-electron chi connectivity index (χ3n) is 4.72. The smallest absolute Gasteiger partial charge is 0.303 e. The lowest BCUT2D eigenvalue weighted by Crippen LogP contribution is -2.60. The summed E-state index contributed by atoms with van der Waals surface area (Å²) in [5.74, 6) is 0.711. The summed E-state index contributed by atoms with van der Waals surface area (Å²) < 4.78 is 26.7. The summed E-state index contributed by atoms with van der Waals surface area (Å²) in [6.07, 6.45) is -3.77. The van der Waals surface area contributed by atoms with Gasteiger partial charge in [-0.15, -0.1) is 0 Å². The molecule has 9 heteroatoms. The molecule has 0 spiro atoms. The van der Waals surface area contributed by atoms with E-state index < -0.39 is 43.3 Å². The van der Waals surface area contributed by atoms with Crippen molar-refractivity contribution in [3.05, 3.63) is 23.8 Å². The molecule has 1 aromatic carbocycles. The van der Waals surface area contributed by atoms with E-state index in [1.807, 2.05) is 18.2 Å². The van der Waals surface area contributed by atoms with Crippen LogP contribution in [0, 0.1) is 0 Å². The van der Waals surface area contributed by atoms with Crippen LogP contribution in [0.2, 0.25) is 0 Å². The molecule has 1 aliphatic rings. The number of esters is 1. The number of carbonyl (C=O) groups excluding carboxylic acids is 1. The molecule has 29 heavy (non-hydrogen) atoms. The van der Waals surface area contributed by atoms with Crippen LogP contribution in [0.3, 0.4) is 0 Å². The number of unbranched alkanes of at least 4 members (excludes halogenated alkanes) is 1. The Balaban J connectivity index is 1.85. The van der Waals surface area contributed by atoms with Crippen LogP contribution in [0.5, 0.6) is 11.5 Å². The van der Waals surface area contributed by atoms with E-state index in [4.69, 9.17) is 23.7 Å². The molecule has 0 unspecified atom stereocenters. The number of hydrogen-bond donors (Lipinski definition) is 3. The van der Waals surface area contributed by atoms with Crippen molar-refractivity contribution in [2.24, 2.45) is 0 Å². The Morgan fingerprint density at radius 3 is 2.45 bits per heavy atom. The molecule has 1 heterocycles. The van der Waals surface area contributed by atoms with Gasteiger partial charge in [0.1, 0.15) is 18.3 Å². The van der Waals surface area contributed by atoms with E-state index in [0.29, 0.717) is 17.9 Å². The Labute approximate surface area is 170 Å². The van der Waals surface area contributed by atoms with Crippen LogP contribution < -0.4 is 9.47 Å². The van der Waals surface area contributed by atoms with E-state index >= 15 is 0 Å². The molecule has 2 rings (SSSR count). The fourth-order valence-electron chi connectivity index (χ4n) is 3.17. The average Bonchev–Trinajstić information content (AvgIpc) is 2.72. The van der Waals surface area contributed by atoms with Crippen molar-refractivity contribution >= 4 is 5.97 Å². The van der Waals surface area contributed by atoms with Gasteiger partial charge in [-0.25, -0.2) is 0 Å². The molecule has 3 N–H and O–H groups in total. The van der Waals surface area contributed by atoms with Gasteiger partial charge >= 0.3 is 5.97 Å². The van der Waals surface area contributed by atoms with E-state index in [1.165, 1.54) is 6.92 Å². The second-order valence-electron chi connectivity index (χ2n) is 6.80. The van der Waals surface area contributed by atoms with Gasteiger partial charge in [-0.3, -0.25) is 4.79 Å². The molecule has 0 amide bonds. The maximum absolute atomic E-state index is 11.3. The summed E-state index contributed by atoms with van der Waals surface area (Å²) in [4.78, 5) is 11.3. The van der Waals surface area contributed by atoms with Gasteiger partial charge in [-0.1, -0.05) is 6.07 Å². The molecule has 1 aromatic rings. The summed E-state index contributed by atoms with van der Waals surface area (Å²) in [6.45, 7) is 0.984. The second-order valence-corrected chi connectivity index (χ2v) is 6.80. The molecule has 1 fully saturated rings. The van der Waals surface area contributed by atoms with Crippen molar-refractivity contribution in [3.8, 4) is 11.5 Å². The quantitative estimate of drug-likeness (QED) is 0.369. The number of aliphatic hydroxyl groups excluding tert-OH is 3. The fraction of sp³-hybridized carbons (Fsp3) is 0.650. The highest BCUT2D eigenvalue weighted by Crippen LogP contribution is 2.28. The Kier molecular flexibility index (Phi) is 9.12. The zero-order chi connectivity index (χ0) is 21.4. The number of aryl methyl sites for hydroxylation is 1. The van der Waals surface area contributed by atoms with E-state index in [2.05, 4.69) is 0 Å². The Morgan fingerprint density at radius 1 is 1.10 bits per heavy atom. The molecule has 1 saturated heterocycles. The van der Waals surface area contributed by atoms with Crippen LogP contribution in [0.1, 0.15) is 25.3 Å². The van der Waals surface area contributed by atoms with Crippen molar-refractivity contribution in [2.75, 3.05) is 27.4 Å². The lowest BCUT2D eigenvalue weighted by atomic mass is 9.99. The number of rotatable bonds is 10. The molecule has 9 nitrogen and oxygen atoms in total. The molecule has 1 aliphatic heterocycles. The van der Waals surface area contributed by atoms with E-state index in [0.717, 1.165) is 18.4 Å². The Bertz CT molecular complexity index is 651. The van der Waals surface area contributed by atoms with Crippen LogP contribution in [-0.4, -0.2) is 79.4 Å². The van der Waals surface area contributed by atoms with Gasteiger partial charge in [0.05, 0.1) is 20.8 Å². The first-order valence-corrected chi connectivity index (χ1v) is 9.53. The number of carbonyl (C=O) groups is 1. The van der Waals surface area contributed by atoms with Gasteiger partial charge in [0.25, 0.3) is 0 Å². The predicted molar refractivity (Wildman–Crippen MR) is 102 cm³/mol. The number of aliphatic hydroxyl groups is 3. The minimum atomic E-state index is -1.42. The second kappa shape index (κ2) is 11.3. The first-order chi connectivity index (χ1) is 13.9. The number of hydrogen-bond acceptors (Lipinski definition) is 9. The number of benzene rings is 1. The first-order valence-electron chi connectivity index (χ1n) is 9.53. The van der Waals surface area contributed by atoms with Gasteiger partial charge in [-0.2, -0.15) is 0 Å². The molecule has 0 bridgehead atoms. The highest BCUT2D eigenvalue weighted by Gasteiger charge is 2.46. The van der Waals surface area contributed by atoms with Gasteiger partial charge in [0.15, 0.2) is 23.9 Å². The van der Waals surface area contributed by atoms with Crippen LogP contribution in [-0.2, 0) is 25.4 Å². The molecular formula is C20H30O9. The standard InChI is InChI=1S/C20H30O9/c1-12(22)28-19-18(24)17(23)16(11-21)29-20(19)27-9-5-4-6-13-7-8-14(25-2)15(10-13)26-3/h7-8,10,16-21,23-24H,4-6,9,11H2,1-3H3/t16-,17-,18+,19-,20-/m1/s1. The normalized spacial score (nSPS) is 26.8. The minimum Gasteiger partial charge on any atom is -0.493 e. The molecule has 0 saturated carbocycles. The maximum atomic E-state index is 11.3. The minimum absolute atomic E-state index is 0.288. The van der Waals surface area contributed by atoms with Crippen molar-refractivity contribution in [1.29, 1.82) is 0 Å². The largest absolute Gasteiger partial charge is 0.493 e. The topological polar surface area (TPSA) is 124 Å². The molecule has 164 valence electrons. The lowest BCUT2D eigenvalue weighted by molar-refractivity contribution is -0.304. The molecule has 5 atom stereocenters. The summed E-state index contributed by atoms with van der Waals surface area (Å²) in [5.41, 5.74) is 1.09. The van der Waals surface area contributed by atoms with E-state index in [9.17, 15) is 20.1 Å². The van der Waals surface area contributed by atoms with Gasteiger partial charge < -0.3 is 39.0 Å². The Morgan fingerprint density at radius 2 is 1.83 bits per heavy atom. The molecule has 0 aromatic heterocycles. The zero-order valence-electron chi connectivity index (χ0n) is 16.9. The maximum Gasteiger partial charge on any atom is 0.303 e. The van der Waals surface area contributed by atoms with Crippen molar-refractivity contribution in [1.82, 2.24) is 0 Å².